The van der Waals surface area contributed by atoms with Crippen LogP contribution < -0.4 is 21.3 Å². The number of methoxy groups -OCH3 is 1. The van der Waals surface area contributed by atoms with Crippen LogP contribution in [0, 0.1) is 0 Å². The molecule has 1 atom stereocenters. The highest BCUT2D eigenvalue weighted by molar-refractivity contribution is 5.87. The van der Waals surface area contributed by atoms with E-state index in [0.29, 0.717) is 144 Å². The van der Waals surface area contributed by atoms with Crippen molar-refractivity contribution in [3.63, 3.8) is 0 Å². The highest BCUT2D eigenvalue weighted by Gasteiger charge is 2.20. The number of carbonyl (C=O) groups excluding carboxylic acids is 4. The molecule has 0 aromatic rings. The molecule has 0 saturated heterocycles. The Labute approximate surface area is 427 Å². The summed E-state index contributed by atoms with van der Waals surface area (Å²) in [4.78, 5) is 50.6. The second kappa shape index (κ2) is 57.5. The molecule has 0 bridgehead atoms. The normalized spacial score (nSPS) is 11.8. The Morgan fingerprint density at radius 3 is 1.13 bits per heavy atom. The first kappa shape index (κ1) is 67.6. The van der Waals surface area contributed by atoms with Gasteiger partial charge in [0.1, 0.15) is 6.04 Å². The van der Waals surface area contributed by atoms with Crippen molar-refractivity contribution in [1.82, 2.24) is 21.3 Å². The van der Waals surface area contributed by atoms with Crippen LogP contribution in [0.1, 0.15) is 213 Å². The Morgan fingerprint density at radius 1 is 0.329 bits per heavy atom. The van der Waals surface area contributed by atoms with E-state index in [-0.39, 0.29) is 23.6 Å². The predicted octanol–water partition coefficient (Wildman–Crippen LogP) is 9.70. The monoisotopic (exact) mass is 1000 g/mol. The molecule has 0 saturated carbocycles. The first-order chi connectivity index (χ1) is 34.4. The van der Waals surface area contributed by atoms with Crippen molar-refractivity contribution >= 4 is 23.6 Å². The zero-order chi connectivity index (χ0) is 50.9. The van der Waals surface area contributed by atoms with Crippen molar-refractivity contribution in [2.75, 3.05) is 113 Å². The number of ether oxygens (including phenoxy) is 7. The largest absolute Gasteiger partial charge is 0.382 e. The van der Waals surface area contributed by atoms with Gasteiger partial charge >= 0.3 is 0 Å². The SMILES string of the molecule is CCCCCCCCCCCCCC(=O)NCCCCC[C@@H](NC(=O)CCCCCCCCCCCCC)C(=O)NCCCOCCOCCOCCCNC(=O)CCOCCOCCOCCOC. The van der Waals surface area contributed by atoms with E-state index >= 15 is 0 Å². The minimum absolute atomic E-state index is 0.0542. The molecule has 0 radical (unpaired) electrons. The Hall–Kier alpha value is -2.40. The molecule has 0 heterocycles. The molecule has 4 N–H and O–H groups in total. The summed E-state index contributed by atoms with van der Waals surface area (Å²) >= 11 is 0. The van der Waals surface area contributed by atoms with Crippen molar-refractivity contribution in [2.45, 2.75) is 219 Å². The molecule has 0 fully saturated rings. The summed E-state index contributed by atoms with van der Waals surface area (Å²) in [5.74, 6) is -0.138. The number of amides is 4. The number of carbonyl (C=O) groups is 4. The van der Waals surface area contributed by atoms with Crippen LogP contribution in [0.25, 0.3) is 0 Å². The maximum atomic E-state index is 13.3. The van der Waals surface area contributed by atoms with E-state index in [4.69, 9.17) is 33.2 Å². The van der Waals surface area contributed by atoms with Crippen LogP contribution in [0.15, 0.2) is 0 Å². The molecule has 414 valence electrons. The summed E-state index contributed by atoms with van der Waals surface area (Å²) in [7, 11) is 1.63. The summed E-state index contributed by atoms with van der Waals surface area (Å²) in [5, 5.41) is 12.0. The Morgan fingerprint density at radius 2 is 0.671 bits per heavy atom. The minimum Gasteiger partial charge on any atom is -0.382 e. The van der Waals surface area contributed by atoms with Gasteiger partial charge in [-0.15, -0.1) is 0 Å². The molecule has 0 rings (SSSR count). The number of nitrogens with one attached hydrogen (secondary N) is 4. The van der Waals surface area contributed by atoms with E-state index in [1.54, 1.807) is 7.11 Å². The fraction of sp³-hybridized carbons (Fsp3) is 0.927. The molecule has 0 aliphatic heterocycles. The lowest BCUT2D eigenvalue weighted by atomic mass is 10.0. The maximum Gasteiger partial charge on any atom is 0.242 e. The van der Waals surface area contributed by atoms with Gasteiger partial charge in [-0.1, -0.05) is 155 Å². The van der Waals surface area contributed by atoms with Gasteiger partial charge in [-0.3, -0.25) is 19.2 Å². The third-order valence-corrected chi connectivity index (χ3v) is 12.1. The summed E-state index contributed by atoms with van der Waals surface area (Å²) in [6.07, 6.45) is 33.2. The maximum absolute atomic E-state index is 13.3. The second-order valence-corrected chi connectivity index (χ2v) is 18.7. The molecule has 0 aliphatic carbocycles. The second-order valence-electron chi connectivity index (χ2n) is 18.7. The average Bonchev–Trinajstić information content (AvgIpc) is 3.35. The van der Waals surface area contributed by atoms with Crippen LogP contribution >= 0.6 is 0 Å². The van der Waals surface area contributed by atoms with Crippen LogP contribution in [0.4, 0.5) is 0 Å². The molecule has 0 aromatic carbocycles. The standard InChI is InChI=1S/C55H108N4O11/c1-4-6-8-10-12-14-16-18-20-22-26-32-52(60)56-35-28-24-25-31-51(59-54(62)33-27-23-21-19-17-15-13-11-9-7-5-2)55(63)58-37-30-39-66-44-47-69-46-43-65-38-29-36-57-53(61)34-40-67-45-48-70-50-49-68-42-41-64-3/h51H,4-50H2,1-3H3,(H,56,60)(H,57,61)(H,58,63)(H,59,62)/t51-/m1/s1. The zero-order valence-electron chi connectivity index (χ0n) is 45.3. The van der Waals surface area contributed by atoms with Gasteiger partial charge < -0.3 is 54.4 Å². The van der Waals surface area contributed by atoms with Gasteiger partial charge in [-0.2, -0.15) is 0 Å². The molecular weight excluding hydrogens is 893 g/mol. The van der Waals surface area contributed by atoms with E-state index in [1.165, 1.54) is 109 Å². The summed E-state index contributed by atoms with van der Waals surface area (Å²) < 4.78 is 38.0. The Bertz CT molecular complexity index is 1140. The van der Waals surface area contributed by atoms with Crippen molar-refractivity contribution in [1.29, 1.82) is 0 Å². The van der Waals surface area contributed by atoms with Gasteiger partial charge in [0, 0.05) is 59.2 Å². The third kappa shape index (κ3) is 53.4. The van der Waals surface area contributed by atoms with Crippen molar-refractivity contribution in [3.8, 4) is 0 Å². The molecule has 0 aromatic heterocycles. The summed E-state index contributed by atoms with van der Waals surface area (Å²) in [5.41, 5.74) is 0. The molecule has 4 amide bonds. The van der Waals surface area contributed by atoms with E-state index in [0.717, 1.165) is 51.4 Å². The lowest BCUT2D eigenvalue weighted by Gasteiger charge is -2.19. The minimum atomic E-state index is -0.573. The topological polar surface area (TPSA) is 181 Å². The van der Waals surface area contributed by atoms with Crippen LogP contribution in [0.2, 0.25) is 0 Å². The first-order valence-electron chi connectivity index (χ1n) is 28.5. The van der Waals surface area contributed by atoms with Crippen LogP contribution in [-0.4, -0.2) is 142 Å². The van der Waals surface area contributed by atoms with Gasteiger partial charge in [0.15, 0.2) is 0 Å². The fourth-order valence-electron chi connectivity index (χ4n) is 7.79. The number of unbranched alkanes of at least 4 members (excludes halogenated alkanes) is 22. The highest BCUT2D eigenvalue weighted by Crippen LogP contribution is 2.14. The molecule has 0 aliphatic rings. The summed E-state index contributed by atoms with van der Waals surface area (Å²) in [6, 6.07) is -0.573. The Kier molecular flexibility index (Phi) is 55.5. The van der Waals surface area contributed by atoms with Gasteiger partial charge in [0.05, 0.1) is 72.7 Å². The molecular formula is C55H108N4O11. The first-order valence-corrected chi connectivity index (χ1v) is 28.5. The van der Waals surface area contributed by atoms with Crippen LogP contribution in [0.5, 0.6) is 0 Å². The predicted molar refractivity (Wildman–Crippen MR) is 282 cm³/mol. The zero-order valence-corrected chi connectivity index (χ0v) is 45.3. The molecule has 0 spiro atoms. The fourth-order valence-corrected chi connectivity index (χ4v) is 7.79. The number of hydrogen-bond donors (Lipinski definition) is 4. The lowest BCUT2D eigenvalue weighted by Crippen LogP contribution is -2.47. The van der Waals surface area contributed by atoms with E-state index < -0.39 is 6.04 Å². The van der Waals surface area contributed by atoms with Gasteiger partial charge in [-0.05, 0) is 38.5 Å². The lowest BCUT2D eigenvalue weighted by molar-refractivity contribution is -0.129. The van der Waals surface area contributed by atoms with E-state index in [9.17, 15) is 19.2 Å². The molecule has 0 unspecified atom stereocenters. The Balaban J connectivity index is 4.16. The molecule has 15 heteroatoms. The quantitative estimate of drug-likeness (QED) is 0.0426. The van der Waals surface area contributed by atoms with E-state index in [2.05, 4.69) is 35.1 Å². The van der Waals surface area contributed by atoms with E-state index in [1.807, 2.05) is 0 Å². The summed E-state index contributed by atoms with van der Waals surface area (Å²) in [6.45, 7) is 12.3. The molecule has 70 heavy (non-hydrogen) atoms. The van der Waals surface area contributed by atoms with Crippen LogP contribution in [-0.2, 0) is 52.3 Å². The smallest absolute Gasteiger partial charge is 0.242 e. The molecule has 15 nitrogen and oxygen atoms in total. The van der Waals surface area contributed by atoms with Crippen molar-refractivity contribution in [3.05, 3.63) is 0 Å². The number of rotatable bonds is 58. The van der Waals surface area contributed by atoms with Crippen molar-refractivity contribution in [2.24, 2.45) is 0 Å². The third-order valence-electron chi connectivity index (χ3n) is 12.1. The van der Waals surface area contributed by atoms with Gasteiger partial charge in [0.25, 0.3) is 0 Å². The average molecular weight is 1000 g/mol. The van der Waals surface area contributed by atoms with Gasteiger partial charge in [-0.25, -0.2) is 0 Å². The van der Waals surface area contributed by atoms with Gasteiger partial charge in [0.2, 0.25) is 23.6 Å². The highest BCUT2D eigenvalue weighted by atomic mass is 16.6. The van der Waals surface area contributed by atoms with Crippen molar-refractivity contribution < 1.29 is 52.3 Å². The number of hydrogen-bond acceptors (Lipinski definition) is 11. The van der Waals surface area contributed by atoms with Crippen LogP contribution in [0.3, 0.4) is 0 Å².